The minimum absolute atomic E-state index is 0.00699. The zero-order valence-corrected chi connectivity index (χ0v) is 16.7. The number of hydrazone groups is 1. The van der Waals surface area contributed by atoms with E-state index in [1.165, 1.54) is 34.2 Å². The minimum Gasteiger partial charge on any atom is -0.336 e. The Labute approximate surface area is 174 Å². The van der Waals surface area contributed by atoms with Crippen LogP contribution in [0.15, 0.2) is 53.6 Å². The maximum Gasteiger partial charge on any atom is 0.262 e. The van der Waals surface area contributed by atoms with Crippen LogP contribution in [0.4, 0.5) is 8.78 Å². The van der Waals surface area contributed by atoms with Gasteiger partial charge in [-0.1, -0.05) is 30.7 Å². The molecule has 2 amide bonds. The second-order valence-electron chi connectivity index (χ2n) is 7.89. The number of benzene rings is 2. The summed E-state index contributed by atoms with van der Waals surface area (Å²) in [4.78, 5) is 26.9. The standard InChI is InChI=1S/C23H23F2N3O2/c1-27(23(30)17-3-2-4-17)14-22(29)28-21(16-7-11-19(25)12-8-16)13-20(26-28)15-5-9-18(24)10-6-15/h5-12,17,21H,2-4,13-14H2,1H3. The van der Waals surface area contributed by atoms with Gasteiger partial charge in [-0.2, -0.15) is 5.10 Å². The Kier molecular flexibility index (Phi) is 5.61. The van der Waals surface area contributed by atoms with Gasteiger partial charge in [0, 0.05) is 19.4 Å². The van der Waals surface area contributed by atoms with Crippen LogP contribution < -0.4 is 0 Å². The molecule has 0 N–H and O–H groups in total. The average Bonchev–Trinajstić information content (AvgIpc) is 3.13. The highest BCUT2D eigenvalue weighted by atomic mass is 19.1. The normalized spacial score (nSPS) is 18.7. The predicted molar refractivity (Wildman–Crippen MR) is 109 cm³/mol. The number of halogens is 2. The first-order chi connectivity index (χ1) is 14.4. The van der Waals surface area contributed by atoms with Crippen LogP contribution in [0, 0.1) is 17.6 Å². The number of rotatable bonds is 5. The van der Waals surface area contributed by atoms with Crippen molar-refractivity contribution >= 4 is 17.5 Å². The highest BCUT2D eigenvalue weighted by Gasteiger charge is 2.35. The maximum atomic E-state index is 13.4. The topological polar surface area (TPSA) is 53.0 Å². The van der Waals surface area contributed by atoms with Crippen molar-refractivity contribution in [3.05, 3.63) is 71.3 Å². The van der Waals surface area contributed by atoms with Crippen LogP contribution in [0.2, 0.25) is 0 Å². The molecular formula is C23H23F2N3O2. The Morgan fingerprint density at radius 2 is 1.63 bits per heavy atom. The Morgan fingerprint density at radius 3 is 2.20 bits per heavy atom. The third kappa shape index (κ3) is 4.10. The van der Waals surface area contributed by atoms with Crippen molar-refractivity contribution in [2.45, 2.75) is 31.7 Å². The van der Waals surface area contributed by atoms with Crippen molar-refractivity contribution in [3.63, 3.8) is 0 Å². The van der Waals surface area contributed by atoms with Crippen molar-refractivity contribution in [3.8, 4) is 0 Å². The van der Waals surface area contributed by atoms with Crippen LogP contribution in [0.3, 0.4) is 0 Å². The molecule has 1 fully saturated rings. The van der Waals surface area contributed by atoms with Gasteiger partial charge >= 0.3 is 0 Å². The molecule has 1 unspecified atom stereocenters. The van der Waals surface area contributed by atoms with Gasteiger partial charge in [0.2, 0.25) is 5.91 Å². The van der Waals surface area contributed by atoms with Gasteiger partial charge < -0.3 is 4.90 Å². The van der Waals surface area contributed by atoms with E-state index >= 15 is 0 Å². The van der Waals surface area contributed by atoms with Gasteiger partial charge in [0.25, 0.3) is 5.91 Å². The van der Waals surface area contributed by atoms with Gasteiger partial charge in [-0.3, -0.25) is 9.59 Å². The van der Waals surface area contributed by atoms with E-state index in [0.717, 1.165) is 30.4 Å². The summed E-state index contributed by atoms with van der Waals surface area (Å²) in [5.74, 6) is -1.03. The van der Waals surface area contributed by atoms with E-state index < -0.39 is 6.04 Å². The lowest BCUT2D eigenvalue weighted by Crippen LogP contribution is -2.42. The Balaban J connectivity index is 1.57. The van der Waals surface area contributed by atoms with E-state index in [2.05, 4.69) is 5.10 Å². The zero-order chi connectivity index (χ0) is 21.3. The molecule has 0 radical (unpaired) electrons. The van der Waals surface area contributed by atoms with E-state index in [9.17, 15) is 18.4 Å². The molecule has 0 spiro atoms. The Bertz CT molecular complexity index is 969. The number of hydrogen-bond donors (Lipinski definition) is 0. The molecule has 0 saturated heterocycles. The van der Waals surface area contributed by atoms with E-state index in [0.29, 0.717) is 12.1 Å². The summed E-state index contributed by atoms with van der Waals surface area (Å²) in [6, 6.07) is 11.5. The van der Waals surface area contributed by atoms with Crippen LogP contribution in [0.25, 0.3) is 0 Å². The van der Waals surface area contributed by atoms with Crippen molar-refractivity contribution < 1.29 is 18.4 Å². The molecule has 2 aromatic carbocycles. The first-order valence-electron chi connectivity index (χ1n) is 10.1. The number of likely N-dealkylation sites (N-methyl/N-ethyl adjacent to an activating group) is 1. The lowest BCUT2D eigenvalue weighted by atomic mass is 9.84. The summed E-state index contributed by atoms with van der Waals surface area (Å²) in [6.45, 7) is -0.0762. The Hall–Kier alpha value is -3.09. The van der Waals surface area contributed by atoms with Gasteiger partial charge in [-0.25, -0.2) is 13.8 Å². The average molecular weight is 411 g/mol. The van der Waals surface area contributed by atoms with Crippen molar-refractivity contribution in [2.75, 3.05) is 13.6 Å². The van der Waals surface area contributed by atoms with Crippen LogP contribution in [-0.4, -0.2) is 41.0 Å². The molecule has 1 heterocycles. The molecule has 2 aliphatic rings. The molecular weight excluding hydrogens is 388 g/mol. The van der Waals surface area contributed by atoms with Crippen LogP contribution >= 0.6 is 0 Å². The fraction of sp³-hybridized carbons (Fsp3) is 0.348. The van der Waals surface area contributed by atoms with Crippen LogP contribution in [0.5, 0.6) is 0 Å². The number of nitrogens with zero attached hydrogens (tertiary/aromatic N) is 3. The minimum atomic E-state index is -0.412. The molecule has 7 heteroatoms. The number of carbonyl (C=O) groups excluding carboxylic acids is 2. The Morgan fingerprint density at radius 1 is 1.03 bits per heavy atom. The van der Waals surface area contributed by atoms with Gasteiger partial charge in [0.05, 0.1) is 11.8 Å². The first-order valence-corrected chi connectivity index (χ1v) is 10.1. The molecule has 4 rings (SSSR count). The fourth-order valence-electron chi connectivity index (χ4n) is 3.82. The highest BCUT2D eigenvalue weighted by Crippen LogP contribution is 2.33. The summed E-state index contributed by atoms with van der Waals surface area (Å²) in [5, 5.41) is 5.88. The molecule has 156 valence electrons. The highest BCUT2D eigenvalue weighted by molar-refractivity contribution is 6.03. The van der Waals surface area contributed by atoms with Gasteiger partial charge in [0.15, 0.2) is 0 Å². The van der Waals surface area contributed by atoms with E-state index in [1.807, 2.05) is 0 Å². The third-order valence-corrected chi connectivity index (χ3v) is 5.80. The van der Waals surface area contributed by atoms with Crippen molar-refractivity contribution in [1.29, 1.82) is 0 Å². The summed E-state index contributed by atoms with van der Waals surface area (Å²) < 4.78 is 26.7. The molecule has 1 saturated carbocycles. The van der Waals surface area contributed by atoms with Crippen molar-refractivity contribution in [2.24, 2.45) is 11.0 Å². The first kappa shape index (κ1) is 20.2. The summed E-state index contributed by atoms with van der Waals surface area (Å²) >= 11 is 0. The second-order valence-corrected chi connectivity index (χ2v) is 7.89. The molecule has 0 bridgehead atoms. The lowest BCUT2D eigenvalue weighted by Gasteiger charge is -2.30. The maximum absolute atomic E-state index is 13.4. The SMILES string of the molecule is CN(CC(=O)N1N=C(c2ccc(F)cc2)CC1c1ccc(F)cc1)C(=O)C1CCC1. The van der Waals surface area contributed by atoms with Gasteiger partial charge in [-0.15, -0.1) is 0 Å². The van der Waals surface area contributed by atoms with E-state index in [4.69, 9.17) is 0 Å². The van der Waals surface area contributed by atoms with Crippen LogP contribution in [0.1, 0.15) is 42.9 Å². The molecule has 0 aromatic heterocycles. The smallest absolute Gasteiger partial charge is 0.262 e. The number of amides is 2. The molecule has 1 aliphatic heterocycles. The van der Waals surface area contributed by atoms with Crippen molar-refractivity contribution in [1.82, 2.24) is 9.91 Å². The van der Waals surface area contributed by atoms with Crippen LogP contribution in [-0.2, 0) is 9.59 Å². The largest absolute Gasteiger partial charge is 0.336 e. The molecule has 30 heavy (non-hydrogen) atoms. The number of hydrogen-bond acceptors (Lipinski definition) is 3. The summed E-state index contributed by atoms with van der Waals surface area (Å²) in [6.07, 6.45) is 3.20. The zero-order valence-electron chi connectivity index (χ0n) is 16.7. The molecule has 5 nitrogen and oxygen atoms in total. The summed E-state index contributed by atoms with van der Waals surface area (Å²) in [7, 11) is 1.63. The molecule has 1 aliphatic carbocycles. The monoisotopic (exact) mass is 411 g/mol. The van der Waals surface area contributed by atoms with E-state index in [1.54, 1.807) is 31.3 Å². The summed E-state index contributed by atoms with van der Waals surface area (Å²) in [5.41, 5.74) is 2.11. The fourth-order valence-corrected chi connectivity index (χ4v) is 3.82. The lowest BCUT2D eigenvalue weighted by molar-refractivity contribution is -0.144. The quantitative estimate of drug-likeness (QED) is 0.749. The molecule has 2 aromatic rings. The third-order valence-electron chi connectivity index (χ3n) is 5.80. The number of carbonyl (C=O) groups is 2. The second kappa shape index (κ2) is 8.34. The van der Waals surface area contributed by atoms with E-state index in [-0.39, 0.29) is 35.9 Å². The predicted octanol–water partition coefficient (Wildman–Crippen LogP) is 3.90. The molecule has 1 atom stereocenters. The van der Waals surface area contributed by atoms with Gasteiger partial charge in [0.1, 0.15) is 18.2 Å². The van der Waals surface area contributed by atoms with Gasteiger partial charge in [-0.05, 0) is 48.2 Å².